The predicted molar refractivity (Wildman–Crippen MR) is 82.8 cm³/mol. The molecule has 0 spiro atoms. The molecule has 2 aromatic rings. The maximum absolute atomic E-state index is 13.0. The molecule has 0 amide bonds. The number of halogens is 3. The second-order valence-corrected chi connectivity index (χ2v) is 5.48. The van der Waals surface area contributed by atoms with E-state index in [9.17, 15) is 13.2 Å². The van der Waals surface area contributed by atoms with Crippen LogP contribution in [0.1, 0.15) is 24.8 Å². The van der Waals surface area contributed by atoms with Crippen molar-refractivity contribution in [3.8, 4) is 0 Å². The Balaban J connectivity index is 1.84. The minimum absolute atomic E-state index is 0.0108. The predicted octanol–water partition coefficient (Wildman–Crippen LogP) is 4.23. The molecule has 122 valence electrons. The van der Waals surface area contributed by atoms with E-state index >= 15 is 0 Å². The van der Waals surface area contributed by atoms with Crippen LogP contribution in [0.5, 0.6) is 0 Å². The zero-order valence-corrected chi connectivity index (χ0v) is 12.5. The molecule has 1 saturated heterocycles. The van der Waals surface area contributed by atoms with Crippen molar-refractivity contribution < 1.29 is 13.2 Å². The molecule has 0 unspecified atom stereocenters. The van der Waals surface area contributed by atoms with E-state index in [-0.39, 0.29) is 5.69 Å². The summed E-state index contributed by atoms with van der Waals surface area (Å²) in [6, 6.07) is 7.07. The van der Waals surface area contributed by atoms with Crippen LogP contribution in [0.3, 0.4) is 0 Å². The number of hydrogen-bond acceptors (Lipinski definition) is 4. The summed E-state index contributed by atoms with van der Waals surface area (Å²) in [5.41, 5.74) is -0.721. The number of nitrogens with one attached hydrogen (secondary N) is 1. The first kappa shape index (κ1) is 15.6. The number of piperidine rings is 1. The van der Waals surface area contributed by atoms with Gasteiger partial charge in [0.1, 0.15) is 18.0 Å². The van der Waals surface area contributed by atoms with Gasteiger partial charge in [-0.25, -0.2) is 9.97 Å². The fourth-order valence-electron chi connectivity index (χ4n) is 2.69. The third kappa shape index (κ3) is 3.72. The average molecular weight is 322 g/mol. The molecular weight excluding hydrogens is 305 g/mol. The Morgan fingerprint density at radius 3 is 2.48 bits per heavy atom. The molecule has 0 bridgehead atoms. The van der Waals surface area contributed by atoms with Crippen LogP contribution in [0, 0.1) is 0 Å². The lowest BCUT2D eigenvalue weighted by molar-refractivity contribution is -0.136. The summed E-state index contributed by atoms with van der Waals surface area (Å²) in [5.74, 6) is 1.10. The molecule has 0 radical (unpaired) electrons. The van der Waals surface area contributed by atoms with E-state index in [1.165, 1.54) is 24.9 Å². The number of alkyl halides is 3. The van der Waals surface area contributed by atoms with Gasteiger partial charge in [0, 0.05) is 19.2 Å². The van der Waals surface area contributed by atoms with Crippen molar-refractivity contribution in [1.82, 2.24) is 9.97 Å². The van der Waals surface area contributed by atoms with Crippen molar-refractivity contribution in [2.75, 3.05) is 23.3 Å². The van der Waals surface area contributed by atoms with Gasteiger partial charge in [0.15, 0.2) is 0 Å². The van der Waals surface area contributed by atoms with E-state index in [0.29, 0.717) is 5.82 Å². The van der Waals surface area contributed by atoms with Gasteiger partial charge in [-0.3, -0.25) is 0 Å². The van der Waals surface area contributed by atoms with Crippen LogP contribution < -0.4 is 10.2 Å². The van der Waals surface area contributed by atoms with Gasteiger partial charge in [-0.2, -0.15) is 13.2 Å². The van der Waals surface area contributed by atoms with E-state index in [0.717, 1.165) is 37.8 Å². The molecule has 1 aromatic heterocycles. The van der Waals surface area contributed by atoms with E-state index in [1.54, 1.807) is 12.1 Å². The normalized spacial score (nSPS) is 15.5. The van der Waals surface area contributed by atoms with Gasteiger partial charge >= 0.3 is 6.18 Å². The zero-order chi connectivity index (χ0) is 16.3. The van der Waals surface area contributed by atoms with Crippen molar-refractivity contribution >= 4 is 17.3 Å². The third-order valence-corrected chi connectivity index (χ3v) is 3.83. The highest BCUT2D eigenvalue weighted by atomic mass is 19.4. The fraction of sp³-hybridized carbons (Fsp3) is 0.375. The summed E-state index contributed by atoms with van der Waals surface area (Å²) in [6.07, 6.45) is 0.369. The average Bonchev–Trinajstić information content (AvgIpc) is 2.55. The molecule has 7 heteroatoms. The van der Waals surface area contributed by atoms with Gasteiger partial charge in [-0.15, -0.1) is 0 Å². The lowest BCUT2D eigenvalue weighted by Crippen LogP contribution is -2.30. The van der Waals surface area contributed by atoms with E-state index in [2.05, 4.69) is 20.2 Å². The molecule has 2 heterocycles. The van der Waals surface area contributed by atoms with Crippen LogP contribution in [-0.4, -0.2) is 23.1 Å². The van der Waals surface area contributed by atoms with E-state index in [4.69, 9.17) is 0 Å². The molecule has 3 rings (SSSR count). The summed E-state index contributed by atoms with van der Waals surface area (Å²) < 4.78 is 39.1. The van der Waals surface area contributed by atoms with Crippen LogP contribution in [0.15, 0.2) is 36.7 Å². The summed E-state index contributed by atoms with van der Waals surface area (Å²) in [7, 11) is 0. The summed E-state index contributed by atoms with van der Waals surface area (Å²) in [6.45, 7) is 1.82. The lowest BCUT2D eigenvalue weighted by Gasteiger charge is -2.27. The number of hydrogen-bond donors (Lipinski definition) is 1. The molecule has 4 nitrogen and oxygen atoms in total. The Hall–Kier alpha value is -2.31. The highest BCUT2D eigenvalue weighted by molar-refractivity contribution is 5.63. The quantitative estimate of drug-likeness (QED) is 0.918. The number of nitrogens with zero attached hydrogens (tertiary/aromatic N) is 3. The molecule has 0 atom stereocenters. The standard InChI is InChI=1S/C16H17F3N4/c17-16(18,19)12-6-2-3-7-13(12)22-14-10-15(21-11-20-14)23-8-4-1-5-9-23/h2-3,6-7,10-11H,1,4-5,8-9H2,(H,20,21,22). The fourth-order valence-corrected chi connectivity index (χ4v) is 2.69. The Kier molecular flexibility index (Phi) is 4.36. The topological polar surface area (TPSA) is 41.0 Å². The number of anilines is 3. The van der Waals surface area contributed by atoms with Gasteiger partial charge < -0.3 is 10.2 Å². The molecule has 23 heavy (non-hydrogen) atoms. The first-order valence-electron chi connectivity index (χ1n) is 7.54. The van der Waals surface area contributed by atoms with Crippen LogP contribution in [-0.2, 0) is 6.18 Å². The van der Waals surface area contributed by atoms with Gasteiger partial charge in [-0.05, 0) is 31.4 Å². The smallest absolute Gasteiger partial charge is 0.356 e. The monoisotopic (exact) mass is 322 g/mol. The summed E-state index contributed by atoms with van der Waals surface area (Å²) in [5, 5.41) is 2.76. The van der Waals surface area contributed by atoms with Crippen molar-refractivity contribution in [3.05, 3.63) is 42.2 Å². The molecule has 0 aliphatic carbocycles. The first-order chi connectivity index (χ1) is 11.0. The van der Waals surface area contributed by atoms with E-state index in [1.807, 2.05) is 0 Å². The highest BCUT2D eigenvalue weighted by Gasteiger charge is 2.33. The molecular formula is C16H17F3N4. The van der Waals surface area contributed by atoms with Crippen LogP contribution in [0.25, 0.3) is 0 Å². The maximum Gasteiger partial charge on any atom is 0.418 e. The van der Waals surface area contributed by atoms with Crippen LogP contribution >= 0.6 is 0 Å². The Labute approximate surface area is 132 Å². The van der Waals surface area contributed by atoms with Gasteiger partial charge in [0.2, 0.25) is 0 Å². The second kappa shape index (κ2) is 6.44. The van der Waals surface area contributed by atoms with Crippen molar-refractivity contribution in [2.24, 2.45) is 0 Å². The SMILES string of the molecule is FC(F)(F)c1ccccc1Nc1cc(N2CCCCC2)ncn1. The summed E-state index contributed by atoms with van der Waals surface area (Å²) in [4.78, 5) is 10.4. The Morgan fingerprint density at radius 2 is 1.74 bits per heavy atom. The first-order valence-corrected chi connectivity index (χ1v) is 7.54. The highest BCUT2D eigenvalue weighted by Crippen LogP contribution is 2.35. The molecule has 1 aromatic carbocycles. The summed E-state index contributed by atoms with van der Waals surface area (Å²) >= 11 is 0. The minimum atomic E-state index is -4.41. The molecule has 1 aliphatic heterocycles. The molecule has 1 aliphatic rings. The number of benzene rings is 1. The van der Waals surface area contributed by atoms with Crippen molar-refractivity contribution in [3.63, 3.8) is 0 Å². The Morgan fingerprint density at radius 1 is 1.00 bits per heavy atom. The molecule has 1 fully saturated rings. The third-order valence-electron chi connectivity index (χ3n) is 3.83. The second-order valence-electron chi connectivity index (χ2n) is 5.48. The van der Waals surface area contributed by atoms with Crippen molar-refractivity contribution in [1.29, 1.82) is 0 Å². The lowest BCUT2D eigenvalue weighted by atomic mass is 10.1. The largest absolute Gasteiger partial charge is 0.418 e. The van der Waals surface area contributed by atoms with Crippen LogP contribution in [0.2, 0.25) is 0 Å². The maximum atomic E-state index is 13.0. The number of rotatable bonds is 3. The van der Waals surface area contributed by atoms with E-state index < -0.39 is 11.7 Å². The van der Waals surface area contributed by atoms with Gasteiger partial charge in [0.25, 0.3) is 0 Å². The van der Waals surface area contributed by atoms with Gasteiger partial charge in [-0.1, -0.05) is 12.1 Å². The van der Waals surface area contributed by atoms with Crippen molar-refractivity contribution in [2.45, 2.75) is 25.4 Å². The minimum Gasteiger partial charge on any atom is -0.356 e. The molecule has 1 N–H and O–H groups in total. The van der Waals surface area contributed by atoms with Gasteiger partial charge in [0.05, 0.1) is 11.3 Å². The number of para-hydroxylation sites is 1. The van der Waals surface area contributed by atoms with Crippen LogP contribution in [0.4, 0.5) is 30.5 Å². The molecule has 0 saturated carbocycles. The Bertz CT molecular complexity index is 666. The zero-order valence-electron chi connectivity index (χ0n) is 12.5. The number of aromatic nitrogens is 2.